The molecule has 0 aliphatic rings. The Morgan fingerprint density at radius 1 is 0.552 bits per heavy atom. The summed E-state index contributed by atoms with van der Waals surface area (Å²) in [7, 11) is 2.25. The van der Waals surface area contributed by atoms with E-state index in [-0.39, 0.29) is 17.0 Å². The molecule has 0 rings (SSSR count). The molecule has 0 amide bonds. The summed E-state index contributed by atoms with van der Waals surface area (Å²) < 4.78 is 19.0. The highest BCUT2D eigenvalue weighted by Gasteiger charge is 2.40. The zero-order chi connectivity index (χ0) is 21.1. The van der Waals surface area contributed by atoms with Crippen molar-refractivity contribution in [3.05, 3.63) is 0 Å². The highest BCUT2D eigenvalue weighted by molar-refractivity contribution is 6.60. The molecule has 0 unspecified atom stereocenters. The Morgan fingerprint density at radius 3 is 1.34 bits per heavy atom. The molecule has 0 aromatic heterocycles. The van der Waals surface area contributed by atoms with Crippen molar-refractivity contribution in [3.8, 4) is 0 Å². The van der Waals surface area contributed by atoms with Crippen molar-refractivity contribution in [2.75, 3.05) is 47.0 Å². The van der Waals surface area contributed by atoms with Crippen LogP contribution < -0.4 is 17.0 Å². The first-order valence-corrected chi connectivity index (χ1v) is 14.1. The van der Waals surface area contributed by atoms with E-state index in [4.69, 9.17) is 13.3 Å². The Balaban J connectivity index is 0. The van der Waals surface area contributed by atoms with Crippen molar-refractivity contribution in [3.63, 3.8) is 0 Å². The number of nitrogens with zero attached hydrogens (tertiary/aromatic N) is 1. The highest BCUT2D eigenvalue weighted by Crippen LogP contribution is 2.20. The van der Waals surface area contributed by atoms with Gasteiger partial charge in [0.05, 0.1) is 27.2 Å². The van der Waals surface area contributed by atoms with E-state index in [2.05, 4.69) is 21.0 Å². The van der Waals surface area contributed by atoms with E-state index >= 15 is 0 Å². The lowest BCUT2D eigenvalue weighted by molar-refractivity contribution is -0.890. The number of quaternary nitrogens is 1. The minimum atomic E-state index is -2.47. The normalized spacial score (nSPS) is 12.2. The first kappa shape index (κ1) is 31.7. The first-order chi connectivity index (χ1) is 13.4. The smallest absolute Gasteiger partial charge is 0.501 e. The average molecular weight is 499 g/mol. The molecule has 0 radical (unpaired) electrons. The SMILES string of the molecule is CCCCCCCCCCCC[N+](C)(C)CCC[Si](OCC)(OCC)OCC.[Br-]. The van der Waals surface area contributed by atoms with Crippen LogP contribution in [0.25, 0.3) is 0 Å². The van der Waals surface area contributed by atoms with Crippen molar-refractivity contribution in [2.45, 2.75) is 104 Å². The van der Waals surface area contributed by atoms with Crippen molar-refractivity contribution in [1.82, 2.24) is 0 Å². The molecule has 0 N–H and O–H groups in total. The van der Waals surface area contributed by atoms with Crippen LogP contribution in [0.4, 0.5) is 0 Å². The lowest BCUT2D eigenvalue weighted by Gasteiger charge is -2.32. The van der Waals surface area contributed by atoms with Crippen LogP contribution in [0.3, 0.4) is 0 Å². The van der Waals surface area contributed by atoms with Crippen molar-refractivity contribution >= 4 is 8.80 Å². The van der Waals surface area contributed by atoms with Crippen LogP contribution >= 0.6 is 0 Å². The summed E-state index contributed by atoms with van der Waals surface area (Å²) in [5, 5.41) is 0. The predicted octanol–water partition coefficient (Wildman–Crippen LogP) is 3.43. The summed E-state index contributed by atoms with van der Waals surface area (Å²) in [6.07, 6.45) is 15.2. The zero-order valence-corrected chi connectivity index (χ0v) is 23.2. The molecule has 0 aliphatic carbocycles. The van der Waals surface area contributed by atoms with E-state index in [0.29, 0.717) is 19.8 Å². The highest BCUT2D eigenvalue weighted by atomic mass is 79.9. The summed E-state index contributed by atoms with van der Waals surface area (Å²) in [6, 6.07) is 0.933. The molecule has 0 aliphatic heterocycles. The van der Waals surface area contributed by atoms with Crippen LogP contribution in [0.15, 0.2) is 0 Å². The van der Waals surface area contributed by atoms with Gasteiger partial charge in [0.25, 0.3) is 0 Å². The molecular formula is C23H52BrNO3Si. The van der Waals surface area contributed by atoms with Gasteiger partial charge < -0.3 is 34.7 Å². The molecule has 0 heterocycles. The largest absolute Gasteiger partial charge is 1.00 e. The second kappa shape index (κ2) is 20.4. The topological polar surface area (TPSA) is 27.7 Å². The Morgan fingerprint density at radius 2 is 0.931 bits per heavy atom. The third-order valence-electron chi connectivity index (χ3n) is 5.46. The fraction of sp³-hybridized carbons (Fsp3) is 1.00. The quantitative estimate of drug-likeness (QED) is 0.138. The van der Waals surface area contributed by atoms with Crippen LogP contribution in [-0.2, 0) is 13.3 Å². The zero-order valence-electron chi connectivity index (χ0n) is 20.6. The minimum absolute atomic E-state index is 0. The summed E-state index contributed by atoms with van der Waals surface area (Å²) >= 11 is 0. The number of hydrogen-bond donors (Lipinski definition) is 0. The fourth-order valence-corrected chi connectivity index (χ4v) is 6.46. The van der Waals surface area contributed by atoms with Crippen LogP contribution in [0.2, 0.25) is 6.04 Å². The van der Waals surface area contributed by atoms with E-state index in [1.807, 2.05) is 20.8 Å². The maximum Gasteiger partial charge on any atom is 0.501 e. The number of unbranched alkanes of at least 4 members (excludes halogenated alkanes) is 9. The molecule has 0 saturated heterocycles. The van der Waals surface area contributed by atoms with E-state index < -0.39 is 8.80 Å². The Bertz CT molecular complexity index is 329. The molecule has 0 saturated carbocycles. The molecule has 0 spiro atoms. The molecule has 0 aromatic rings. The maximum atomic E-state index is 5.98. The van der Waals surface area contributed by atoms with Gasteiger partial charge in [-0.25, -0.2) is 0 Å². The molecule has 6 heteroatoms. The maximum absolute atomic E-state index is 5.98. The van der Waals surface area contributed by atoms with E-state index in [1.165, 1.54) is 77.3 Å². The average Bonchev–Trinajstić information content (AvgIpc) is 2.64. The van der Waals surface area contributed by atoms with Crippen molar-refractivity contribution in [1.29, 1.82) is 0 Å². The van der Waals surface area contributed by atoms with E-state index in [9.17, 15) is 0 Å². The molecule has 0 atom stereocenters. The molecule has 0 aromatic carbocycles. The molecule has 0 fully saturated rings. The third-order valence-corrected chi connectivity index (χ3v) is 8.61. The Hall–Kier alpha value is 0.537. The van der Waals surface area contributed by atoms with Gasteiger partial charge in [-0.1, -0.05) is 58.3 Å². The molecule has 29 heavy (non-hydrogen) atoms. The van der Waals surface area contributed by atoms with Gasteiger partial charge in [0.1, 0.15) is 0 Å². The first-order valence-electron chi connectivity index (χ1n) is 12.2. The summed E-state index contributed by atoms with van der Waals surface area (Å²) in [6.45, 7) is 12.8. The Labute approximate surface area is 194 Å². The third kappa shape index (κ3) is 17.9. The van der Waals surface area contributed by atoms with E-state index in [0.717, 1.165) is 16.9 Å². The van der Waals surface area contributed by atoms with Gasteiger partial charge in [-0.2, -0.15) is 0 Å². The van der Waals surface area contributed by atoms with Gasteiger partial charge in [0, 0.05) is 32.3 Å². The molecule has 0 bridgehead atoms. The van der Waals surface area contributed by atoms with Crippen molar-refractivity contribution in [2.24, 2.45) is 0 Å². The van der Waals surface area contributed by atoms with Crippen molar-refractivity contribution < 1.29 is 34.7 Å². The number of rotatable bonds is 21. The second-order valence-corrected chi connectivity index (χ2v) is 11.4. The van der Waals surface area contributed by atoms with Crippen LogP contribution in [0.5, 0.6) is 0 Å². The van der Waals surface area contributed by atoms with Gasteiger partial charge in [-0.3, -0.25) is 0 Å². The van der Waals surface area contributed by atoms with Crippen LogP contribution in [-0.4, -0.2) is 60.3 Å². The molecule has 4 nitrogen and oxygen atoms in total. The standard InChI is InChI=1S/C23H52NO3Si.BrH/c1-7-11-12-13-14-15-16-17-18-19-21-24(5,6)22-20-23-28(25-8-2,26-9-3)27-10-4;/h7-23H2,1-6H3;1H/q+1;/p-1. The molecular weight excluding hydrogens is 446 g/mol. The second-order valence-electron chi connectivity index (χ2n) is 8.65. The van der Waals surface area contributed by atoms with Gasteiger partial charge in [-0.15, -0.1) is 0 Å². The summed E-state index contributed by atoms with van der Waals surface area (Å²) in [5.74, 6) is 0. The van der Waals surface area contributed by atoms with E-state index in [1.54, 1.807) is 0 Å². The van der Waals surface area contributed by atoms with Gasteiger partial charge in [0.15, 0.2) is 0 Å². The lowest BCUT2D eigenvalue weighted by Crippen LogP contribution is -3.00. The van der Waals surface area contributed by atoms with Crippen LogP contribution in [0.1, 0.15) is 98.3 Å². The predicted molar refractivity (Wildman–Crippen MR) is 124 cm³/mol. The summed E-state index contributed by atoms with van der Waals surface area (Å²) in [5.41, 5.74) is 0. The summed E-state index contributed by atoms with van der Waals surface area (Å²) in [4.78, 5) is 0. The van der Waals surface area contributed by atoms with Gasteiger partial charge in [0.2, 0.25) is 0 Å². The monoisotopic (exact) mass is 497 g/mol. The minimum Gasteiger partial charge on any atom is -1.00 e. The molecule has 178 valence electrons. The number of halogens is 1. The van der Waals surface area contributed by atoms with Gasteiger partial charge in [-0.05, 0) is 33.6 Å². The fourth-order valence-electron chi connectivity index (χ4n) is 3.86. The van der Waals surface area contributed by atoms with Crippen LogP contribution in [0, 0.1) is 0 Å². The lowest BCUT2D eigenvalue weighted by atomic mass is 10.1. The Kier molecular flexibility index (Phi) is 22.4. The number of hydrogen-bond acceptors (Lipinski definition) is 3. The van der Waals surface area contributed by atoms with Gasteiger partial charge >= 0.3 is 8.80 Å².